The van der Waals surface area contributed by atoms with Crippen molar-refractivity contribution < 1.29 is 4.74 Å². The van der Waals surface area contributed by atoms with Gasteiger partial charge in [-0.2, -0.15) is 0 Å². The molecule has 52 valence electrons. The van der Waals surface area contributed by atoms with Gasteiger partial charge in [-0.05, 0) is 18.9 Å². The van der Waals surface area contributed by atoms with Crippen molar-refractivity contribution in [2.24, 2.45) is 0 Å². The molecule has 1 aromatic rings. The minimum atomic E-state index is 0.858. The van der Waals surface area contributed by atoms with Gasteiger partial charge in [0.2, 0.25) is 0 Å². The lowest BCUT2D eigenvalue weighted by atomic mass is 10.1. The zero-order chi connectivity index (χ0) is 6.81. The van der Waals surface area contributed by atoms with Crippen molar-refractivity contribution in [3.63, 3.8) is 0 Å². The number of aryl methyl sites for hydroxylation is 1. The van der Waals surface area contributed by atoms with E-state index >= 15 is 0 Å². The summed E-state index contributed by atoms with van der Waals surface area (Å²) >= 11 is 0. The fraction of sp³-hybridized carbons (Fsp3) is 0.375. The van der Waals surface area contributed by atoms with Crippen molar-refractivity contribution in [1.29, 1.82) is 0 Å². The Morgan fingerprint density at radius 3 is 3.40 bits per heavy atom. The van der Waals surface area contributed by atoms with Crippen molar-refractivity contribution in [2.45, 2.75) is 12.8 Å². The summed E-state index contributed by atoms with van der Waals surface area (Å²) in [7, 11) is 0. The number of rotatable bonds is 0. The fourth-order valence-corrected chi connectivity index (χ4v) is 1.19. The molecule has 2 rings (SSSR count). The van der Waals surface area contributed by atoms with Gasteiger partial charge in [-0.1, -0.05) is 0 Å². The van der Waals surface area contributed by atoms with Gasteiger partial charge >= 0.3 is 0 Å². The third kappa shape index (κ3) is 0.856. The molecular weight excluding hydrogens is 126 g/mol. The smallest absolute Gasteiger partial charge is 0.125 e. The minimum absolute atomic E-state index is 0.858. The molecule has 0 N–H and O–H groups in total. The van der Waals surface area contributed by atoms with Crippen molar-refractivity contribution >= 4 is 0 Å². The second-order valence-electron chi connectivity index (χ2n) is 2.44. The van der Waals surface area contributed by atoms with Crippen LogP contribution in [0.2, 0.25) is 0 Å². The Labute approximate surface area is 59.9 Å². The van der Waals surface area contributed by atoms with E-state index in [-0.39, 0.29) is 0 Å². The lowest BCUT2D eigenvalue weighted by Gasteiger charge is -2.15. The van der Waals surface area contributed by atoms with Crippen LogP contribution < -0.4 is 4.74 Å². The summed E-state index contributed by atoms with van der Waals surface area (Å²) in [5.41, 5.74) is 1.24. The SMILES string of the molecule is c1cc2c(cn1)CCCO2. The summed E-state index contributed by atoms with van der Waals surface area (Å²) in [6.07, 6.45) is 5.89. The van der Waals surface area contributed by atoms with E-state index in [1.807, 2.05) is 12.3 Å². The number of fused-ring (bicyclic) bond motifs is 1. The van der Waals surface area contributed by atoms with Crippen LogP contribution in [0.1, 0.15) is 12.0 Å². The topological polar surface area (TPSA) is 22.1 Å². The number of nitrogens with zero attached hydrogens (tertiary/aromatic N) is 1. The van der Waals surface area contributed by atoms with E-state index in [2.05, 4.69) is 4.98 Å². The van der Waals surface area contributed by atoms with Crippen molar-refractivity contribution in [3.8, 4) is 5.75 Å². The standard InChI is InChI=1S/C8H9NO/c1-2-7-6-9-4-3-8(7)10-5-1/h3-4,6H,1-2,5H2. The molecule has 0 bridgehead atoms. The fourth-order valence-electron chi connectivity index (χ4n) is 1.19. The number of hydrogen-bond acceptors (Lipinski definition) is 2. The molecule has 0 radical (unpaired) electrons. The number of aromatic nitrogens is 1. The van der Waals surface area contributed by atoms with Crippen molar-refractivity contribution in [2.75, 3.05) is 6.61 Å². The predicted octanol–water partition coefficient (Wildman–Crippen LogP) is 1.41. The highest BCUT2D eigenvalue weighted by molar-refractivity contribution is 5.31. The Hall–Kier alpha value is -1.05. The molecule has 0 atom stereocenters. The summed E-state index contributed by atoms with van der Waals surface area (Å²) in [4.78, 5) is 4.02. The highest BCUT2D eigenvalue weighted by atomic mass is 16.5. The van der Waals surface area contributed by atoms with Gasteiger partial charge in [0.1, 0.15) is 5.75 Å². The molecule has 1 aliphatic rings. The minimum Gasteiger partial charge on any atom is -0.493 e. The molecular formula is C8H9NO. The highest BCUT2D eigenvalue weighted by Crippen LogP contribution is 2.21. The van der Waals surface area contributed by atoms with Gasteiger partial charge in [0, 0.05) is 18.0 Å². The molecule has 0 spiro atoms. The van der Waals surface area contributed by atoms with E-state index in [1.54, 1.807) is 6.20 Å². The van der Waals surface area contributed by atoms with E-state index in [9.17, 15) is 0 Å². The van der Waals surface area contributed by atoms with Crippen LogP contribution in [0.4, 0.5) is 0 Å². The largest absolute Gasteiger partial charge is 0.493 e. The maximum Gasteiger partial charge on any atom is 0.125 e. The molecule has 0 aromatic carbocycles. The number of ether oxygens (including phenoxy) is 1. The van der Waals surface area contributed by atoms with Gasteiger partial charge in [0.05, 0.1) is 6.61 Å². The third-order valence-corrected chi connectivity index (χ3v) is 1.71. The summed E-state index contributed by atoms with van der Waals surface area (Å²) in [6.45, 7) is 0.858. The number of hydrogen-bond donors (Lipinski definition) is 0. The predicted molar refractivity (Wildman–Crippen MR) is 38.1 cm³/mol. The molecule has 2 nitrogen and oxygen atoms in total. The number of pyridine rings is 1. The van der Waals surface area contributed by atoms with Gasteiger partial charge in [-0.25, -0.2) is 0 Å². The Kier molecular flexibility index (Phi) is 1.31. The lowest BCUT2D eigenvalue weighted by molar-refractivity contribution is 0.288. The Morgan fingerprint density at radius 2 is 2.50 bits per heavy atom. The molecule has 1 aromatic heterocycles. The Bertz CT molecular complexity index is 209. The highest BCUT2D eigenvalue weighted by Gasteiger charge is 2.07. The van der Waals surface area contributed by atoms with Crippen LogP contribution >= 0.6 is 0 Å². The van der Waals surface area contributed by atoms with E-state index < -0.39 is 0 Å². The molecule has 2 heterocycles. The summed E-state index contributed by atoms with van der Waals surface area (Å²) in [5.74, 6) is 1.02. The Morgan fingerprint density at radius 1 is 1.50 bits per heavy atom. The van der Waals surface area contributed by atoms with Gasteiger partial charge in [-0.15, -0.1) is 0 Å². The average molecular weight is 135 g/mol. The van der Waals surface area contributed by atoms with Crippen LogP contribution in [0.25, 0.3) is 0 Å². The van der Waals surface area contributed by atoms with Crippen LogP contribution in [-0.2, 0) is 6.42 Å². The first-order valence-corrected chi connectivity index (χ1v) is 3.52. The molecule has 2 heteroatoms. The molecule has 0 saturated heterocycles. The molecule has 0 aliphatic carbocycles. The van der Waals surface area contributed by atoms with E-state index in [0.29, 0.717) is 0 Å². The van der Waals surface area contributed by atoms with Crippen LogP contribution in [0.15, 0.2) is 18.5 Å². The molecule has 1 aliphatic heterocycles. The summed E-state index contributed by atoms with van der Waals surface area (Å²) in [6, 6.07) is 1.93. The second kappa shape index (κ2) is 2.29. The first-order valence-electron chi connectivity index (χ1n) is 3.52. The van der Waals surface area contributed by atoms with E-state index in [4.69, 9.17) is 4.74 Å². The maximum atomic E-state index is 5.38. The van der Waals surface area contributed by atoms with Gasteiger partial charge in [0.15, 0.2) is 0 Å². The lowest BCUT2D eigenvalue weighted by Crippen LogP contribution is -2.07. The quantitative estimate of drug-likeness (QED) is 0.536. The van der Waals surface area contributed by atoms with Crippen LogP contribution in [0.3, 0.4) is 0 Å². The first-order chi connectivity index (χ1) is 4.97. The van der Waals surface area contributed by atoms with Gasteiger partial charge < -0.3 is 4.74 Å². The molecule has 0 amide bonds. The van der Waals surface area contributed by atoms with Gasteiger partial charge in [-0.3, -0.25) is 4.98 Å². The molecule has 0 saturated carbocycles. The molecule has 10 heavy (non-hydrogen) atoms. The third-order valence-electron chi connectivity index (χ3n) is 1.71. The van der Waals surface area contributed by atoms with Crippen LogP contribution in [0.5, 0.6) is 5.75 Å². The summed E-state index contributed by atoms with van der Waals surface area (Å²) in [5, 5.41) is 0. The zero-order valence-corrected chi connectivity index (χ0v) is 5.71. The van der Waals surface area contributed by atoms with Crippen LogP contribution in [0, 0.1) is 0 Å². The monoisotopic (exact) mass is 135 g/mol. The van der Waals surface area contributed by atoms with E-state index in [1.165, 1.54) is 5.56 Å². The average Bonchev–Trinajstić information content (AvgIpc) is 2.05. The first kappa shape index (κ1) is 5.71. The maximum absolute atomic E-state index is 5.38. The van der Waals surface area contributed by atoms with Crippen molar-refractivity contribution in [3.05, 3.63) is 24.0 Å². The Balaban J connectivity index is 2.41. The second-order valence-corrected chi connectivity index (χ2v) is 2.44. The summed E-state index contributed by atoms with van der Waals surface area (Å²) < 4.78 is 5.38. The molecule has 0 fully saturated rings. The molecule has 0 unspecified atom stereocenters. The van der Waals surface area contributed by atoms with Crippen LogP contribution in [-0.4, -0.2) is 11.6 Å². The normalized spacial score (nSPS) is 15.6. The van der Waals surface area contributed by atoms with E-state index in [0.717, 1.165) is 25.2 Å². The van der Waals surface area contributed by atoms with Crippen molar-refractivity contribution in [1.82, 2.24) is 4.98 Å². The zero-order valence-electron chi connectivity index (χ0n) is 5.71. The van der Waals surface area contributed by atoms with Gasteiger partial charge in [0.25, 0.3) is 0 Å².